The Kier molecular flexibility index (Phi) is 3.66. The second-order valence-corrected chi connectivity index (χ2v) is 7.30. The monoisotopic (exact) mass is 347 g/mol. The van der Waals surface area contributed by atoms with Crippen molar-refractivity contribution >= 4 is 5.91 Å². The van der Waals surface area contributed by atoms with Crippen molar-refractivity contribution in [2.24, 2.45) is 5.92 Å². The van der Waals surface area contributed by atoms with E-state index in [1.807, 2.05) is 17.2 Å². The van der Waals surface area contributed by atoms with E-state index in [4.69, 9.17) is 4.42 Å². The van der Waals surface area contributed by atoms with E-state index in [-0.39, 0.29) is 11.8 Å². The Balaban J connectivity index is 1.51. The summed E-state index contributed by atoms with van der Waals surface area (Å²) in [5, 5.41) is 0. The molecule has 1 saturated carbocycles. The van der Waals surface area contributed by atoms with Crippen LogP contribution in [0, 0.1) is 5.92 Å². The van der Waals surface area contributed by atoms with Gasteiger partial charge in [0, 0.05) is 32.0 Å². The molecule has 2 aromatic heterocycles. The number of carbonyl (C=O) groups is 1. The molecule has 0 N–H and O–H groups in total. The number of imidazole rings is 1. The molecule has 0 radical (unpaired) electrons. The number of fused-ring (bicyclic) bond motifs is 1. The van der Waals surface area contributed by atoms with E-state index in [0.717, 1.165) is 18.3 Å². The summed E-state index contributed by atoms with van der Waals surface area (Å²) in [5.41, 5.74) is 2.46. The second kappa shape index (κ2) is 6.16. The molecule has 1 aliphatic carbocycles. The molecule has 26 heavy (non-hydrogen) atoms. The van der Waals surface area contributed by atoms with Crippen molar-refractivity contribution in [3.8, 4) is 0 Å². The van der Waals surface area contributed by atoms with Crippen molar-refractivity contribution in [2.75, 3.05) is 6.54 Å². The first-order valence-electron chi connectivity index (χ1n) is 9.21. The molecular formula is C21H21N3O2. The van der Waals surface area contributed by atoms with Gasteiger partial charge in [0.15, 0.2) is 5.76 Å². The zero-order valence-electron chi connectivity index (χ0n) is 14.5. The Labute approximate surface area is 152 Å². The lowest BCUT2D eigenvalue weighted by atomic mass is 9.88. The standard InChI is InChI=1S/C21H21N3O2/c25-21(19-6-3-11-26-19)24-13-16-4-1-2-5-17(16)18(14-24)20-22-9-10-23(20)12-15-7-8-15/h1-6,9-11,15,18H,7-8,12-14H2. The van der Waals surface area contributed by atoms with Crippen molar-refractivity contribution in [3.05, 3.63) is 77.8 Å². The summed E-state index contributed by atoms with van der Waals surface area (Å²) in [7, 11) is 0. The van der Waals surface area contributed by atoms with Crippen molar-refractivity contribution in [3.63, 3.8) is 0 Å². The Hall–Kier alpha value is -2.82. The highest BCUT2D eigenvalue weighted by Gasteiger charge is 2.33. The number of aromatic nitrogens is 2. The molecule has 1 unspecified atom stereocenters. The summed E-state index contributed by atoms with van der Waals surface area (Å²) in [4.78, 5) is 19.4. The summed E-state index contributed by atoms with van der Waals surface area (Å²) < 4.78 is 7.61. The van der Waals surface area contributed by atoms with Crippen LogP contribution in [-0.4, -0.2) is 26.9 Å². The second-order valence-electron chi connectivity index (χ2n) is 7.30. The lowest BCUT2D eigenvalue weighted by Crippen LogP contribution is -2.39. The Morgan fingerprint density at radius 2 is 2.08 bits per heavy atom. The maximum absolute atomic E-state index is 12.9. The van der Waals surface area contributed by atoms with E-state index >= 15 is 0 Å². The molecular weight excluding hydrogens is 326 g/mol. The van der Waals surface area contributed by atoms with E-state index in [2.05, 4.69) is 33.9 Å². The predicted molar refractivity (Wildman–Crippen MR) is 96.7 cm³/mol. The maximum Gasteiger partial charge on any atom is 0.289 e. The number of carbonyl (C=O) groups excluding carboxylic acids is 1. The third kappa shape index (κ3) is 2.73. The molecule has 1 aromatic carbocycles. The summed E-state index contributed by atoms with van der Waals surface area (Å²) >= 11 is 0. The Morgan fingerprint density at radius 1 is 1.19 bits per heavy atom. The first-order valence-corrected chi connectivity index (χ1v) is 9.21. The van der Waals surface area contributed by atoms with Gasteiger partial charge in [0.25, 0.3) is 5.91 Å². The van der Waals surface area contributed by atoms with Gasteiger partial charge in [-0.05, 0) is 42.0 Å². The van der Waals surface area contributed by atoms with Crippen LogP contribution < -0.4 is 0 Å². The number of hydrogen-bond donors (Lipinski definition) is 0. The van der Waals surface area contributed by atoms with E-state index in [1.165, 1.54) is 24.0 Å². The molecule has 1 aliphatic heterocycles. The molecule has 3 heterocycles. The van der Waals surface area contributed by atoms with Gasteiger partial charge >= 0.3 is 0 Å². The fraction of sp³-hybridized carbons (Fsp3) is 0.333. The van der Waals surface area contributed by atoms with Crippen LogP contribution >= 0.6 is 0 Å². The number of nitrogens with zero attached hydrogens (tertiary/aromatic N) is 3. The predicted octanol–water partition coefficient (Wildman–Crippen LogP) is 3.67. The molecule has 1 amide bonds. The fourth-order valence-electron chi connectivity index (χ4n) is 3.90. The Bertz CT molecular complexity index is 924. The van der Waals surface area contributed by atoms with E-state index in [1.54, 1.807) is 18.4 Å². The quantitative estimate of drug-likeness (QED) is 0.723. The van der Waals surface area contributed by atoms with Crippen LogP contribution in [0.3, 0.4) is 0 Å². The van der Waals surface area contributed by atoms with Crippen molar-refractivity contribution < 1.29 is 9.21 Å². The molecule has 0 saturated heterocycles. The minimum Gasteiger partial charge on any atom is -0.459 e. The lowest BCUT2D eigenvalue weighted by molar-refractivity contribution is 0.0690. The minimum absolute atomic E-state index is 0.0604. The fourth-order valence-corrected chi connectivity index (χ4v) is 3.90. The average Bonchev–Trinajstić information content (AvgIpc) is 3.12. The molecule has 0 bridgehead atoms. The van der Waals surface area contributed by atoms with Crippen LogP contribution in [0.5, 0.6) is 0 Å². The van der Waals surface area contributed by atoms with Gasteiger partial charge in [-0.15, -0.1) is 0 Å². The summed E-state index contributed by atoms with van der Waals surface area (Å²) in [6.07, 6.45) is 8.12. The van der Waals surface area contributed by atoms with Gasteiger partial charge in [0.05, 0.1) is 12.2 Å². The van der Waals surface area contributed by atoms with Crippen LogP contribution in [0.25, 0.3) is 0 Å². The topological polar surface area (TPSA) is 51.3 Å². The Morgan fingerprint density at radius 3 is 2.88 bits per heavy atom. The number of amides is 1. The molecule has 3 aromatic rings. The van der Waals surface area contributed by atoms with Gasteiger partial charge in [0.2, 0.25) is 0 Å². The molecule has 5 rings (SSSR count). The van der Waals surface area contributed by atoms with Gasteiger partial charge in [-0.1, -0.05) is 24.3 Å². The molecule has 5 heteroatoms. The maximum atomic E-state index is 12.9. The molecule has 132 valence electrons. The first-order chi connectivity index (χ1) is 12.8. The van der Waals surface area contributed by atoms with E-state index in [0.29, 0.717) is 18.8 Å². The highest BCUT2D eigenvalue weighted by Crippen LogP contribution is 2.36. The van der Waals surface area contributed by atoms with Crippen molar-refractivity contribution in [1.82, 2.24) is 14.5 Å². The smallest absolute Gasteiger partial charge is 0.289 e. The molecule has 0 spiro atoms. The highest BCUT2D eigenvalue weighted by atomic mass is 16.3. The minimum atomic E-state index is -0.0604. The number of rotatable bonds is 4. The van der Waals surface area contributed by atoms with Crippen molar-refractivity contribution in [1.29, 1.82) is 0 Å². The van der Waals surface area contributed by atoms with Gasteiger partial charge in [-0.2, -0.15) is 0 Å². The van der Waals surface area contributed by atoms with Gasteiger partial charge in [-0.25, -0.2) is 4.98 Å². The van der Waals surface area contributed by atoms with Gasteiger partial charge in [-0.3, -0.25) is 4.79 Å². The molecule has 1 fully saturated rings. The molecule has 5 nitrogen and oxygen atoms in total. The van der Waals surface area contributed by atoms with Gasteiger partial charge in [0.1, 0.15) is 5.82 Å². The van der Waals surface area contributed by atoms with Gasteiger partial charge < -0.3 is 13.9 Å². The zero-order valence-corrected chi connectivity index (χ0v) is 14.5. The summed E-state index contributed by atoms with van der Waals surface area (Å²) in [6, 6.07) is 11.9. The van der Waals surface area contributed by atoms with E-state index < -0.39 is 0 Å². The SMILES string of the molecule is O=C(c1ccco1)N1Cc2ccccc2C(c2nccn2CC2CC2)C1. The molecule has 2 aliphatic rings. The van der Waals surface area contributed by atoms with E-state index in [9.17, 15) is 4.79 Å². The first kappa shape index (κ1) is 15.4. The van der Waals surface area contributed by atoms with Crippen LogP contribution in [0.15, 0.2) is 59.5 Å². The third-order valence-electron chi connectivity index (χ3n) is 5.43. The molecule has 1 atom stereocenters. The third-order valence-corrected chi connectivity index (χ3v) is 5.43. The average molecular weight is 347 g/mol. The van der Waals surface area contributed by atoms with Crippen molar-refractivity contribution in [2.45, 2.75) is 31.8 Å². The van der Waals surface area contributed by atoms with Crippen LogP contribution in [-0.2, 0) is 13.1 Å². The summed E-state index contributed by atoms with van der Waals surface area (Å²) in [6.45, 7) is 2.26. The number of benzene rings is 1. The number of hydrogen-bond acceptors (Lipinski definition) is 3. The van der Waals surface area contributed by atoms with Crippen LogP contribution in [0.2, 0.25) is 0 Å². The highest BCUT2D eigenvalue weighted by molar-refractivity contribution is 5.91. The number of furan rings is 1. The van der Waals surface area contributed by atoms with Crippen LogP contribution in [0.4, 0.5) is 0 Å². The van der Waals surface area contributed by atoms with Crippen LogP contribution in [0.1, 0.15) is 46.3 Å². The normalized spacial score (nSPS) is 19.4. The largest absolute Gasteiger partial charge is 0.459 e. The zero-order chi connectivity index (χ0) is 17.5. The lowest BCUT2D eigenvalue weighted by Gasteiger charge is -2.34. The summed E-state index contributed by atoms with van der Waals surface area (Å²) in [5.74, 6) is 2.26.